The Labute approximate surface area is 108 Å². The highest BCUT2D eigenvalue weighted by Crippen LogP contribution is 2.38. The van der Waals surface area contributed by atoms with E-state index in [1.807, 2.05) is 19.2 Å². The van der Waals surface area contributed by atoms with Crippen LogP contribution in [0.2, 0.25) is 5.02 Å². The van der Waals surface area contributed by atoms with E-state index in [2.05, 4.69) is 11.4 Å². The van der Waals surface area contributed by atoms with Gasteiger partial charge in [0, 0.05) is 11.1 Å². The molecule has 1 N–H and O–H groups in total. The zero-order valence-corrected chi connectivity index (χ0v) is 11.3. The second-order valence-electron chi connectivity index (χ2n) is 4.74. The van der Waals surface area contributed by atoms with Gasteiger partial charge in [-0.15, -0.1) is 0 Å². The summed E-state index contributed by atoms with van der Waals surface area (Å²) in [6.07, 6.45) is 4.95. The number of halogens is 1. The third-order valence-corrected chi connectivity index (χ3v) is 3.95. The average molecular weight is 254 g/mol. The van der Waals surface area contributed by atoms with Gasteiger partial charge in [0.05, 0.1) is 7.11 Å². The first-order chi connectivity index (χ1) is 8.24. The lowest BCUT2D eigenvalue weighted by atomic mass is 9.81. The van der Waals surface area contributed by atoms with Crippen molar-refractivity contribution in [1.82, 2.24) is 5.32 Å². The third-order valence-electron chi connectivity index (χ3n) is 3.71. The van der Waals surface area contributed by atoms with Crippen LogP contribution in [0.15, 0.2) is 18.2 Å². The fourth-order valence-corrected chi connectivity index (χ4v) is 2.94. The molecule has 0 saturated heterocycles. The quantitative estimate of drug-likeness (QED) is 0.889. The van der Waals surface area contributed by atoms with Crippen LogP contribution < -0.4 is 10.1 Å². The molecule has 2 atom stereocenters. The maximum absolute atomic E-state index is 6.09. The van der Waals surface area contributed by atoms with Gasteiger partial charge in [0.15, 0.2) is 0 Å². The van der Waals surface area contributed by atoms with Gasteiger partial charge in [-0.1, -0.05) is 18.0 Å². The number of nitrogens with one attached hydrogen (secondary N) is 1. The molecule has 0 radical (unpaired) electrons. The summed E-state index contributed by atoms with van der Waals surface area (Å²) in [5, 5.41) is 4.18. The molecule has 3 heteroatoms. The van der Waals surface area contributed by atoms with Gasteiger partial charge >= 0.3 is 0 Å². The molecule has 0 aliphatic heterocycles. The van der Waals surface area contributed by atoms with Gasteiger partial charge in [0.25, 0.3) is 0 Å². The van der Waals surface area contributed by atoms with Crippen molar-refractivity contribution >= 4 is 11.6 Å². The van der Waals surface area contributed by atoms with E-state index in [1.165, 1.54) is 31.2 Å². The molecule has 0 spiro atoms. The van der Waals surface area contributed by atoms with Crippen molar-refractivity contribution in [3.63, 3.8) is 0 Å². The summed E-state index contributed by atoms with van der Waals surface area (Å²) >= 11 is 6.09. The van der Waals surface area contributed by atoms with Crippen LogP contribution in [0.25, 0.3) is 0 Å². The Morgan fingerprint density at radius 3 is 2.88 bits per heavy atom. The molecule has 0 amide bonds. The van der Waals surface area contributed by atoms with Crippen molar-refractivity contribution in [3.8, 4) is 5.75 Å². The van der Waals surface area contributed by atoms with Crippen molar-refractivity contribution in [3.05, 3.63) is 28.8 Å². The molecular weight excluding hydrogens is 234 g/mol. The molecule has 17 heavy (non-hydrogen) atoms. The van der Waals surface area contributed by atoms with Crippen LogP contribution in [0.4, 0.5) is 0 Å². The second kappa shape index (κ2) is 5.74. The van der Waals surface area contributed by atoms with E-state index >= 15 is 0 Å². The largest absolute Gasteiger partial charge is 0.496 e. The minimum absolute atomic E-state index is 0.565. The SMILES string of the molecule is CNC1CCCC(c2cc(Cl)ccc2OC)C1. The summed E-state index contributed by atoms with van der Waals surface area (Å²) in [6.45, 7) is 0. The van der Waals surface area contributed by atoms with Crippen LogP contribution in [0.5, 0.6) is 5.75 Å². The Morgan fingerprint density at radius 2 is 2.18 bits per heavy atom. The second-order valence-corrected chi connectivity index (χ2v) is 5.17. The van der Waals surface area contributed by atoms with Gasteiger partial charge < -0.3 is 10.1 Å². The van der Waals surface area contributed by atoms with Gasteiger partial charge in [-0.05, 0) is 56.0 Å². The van der Waals surface area contributed by atoms with E-state index in [0.717, 1.165) is 10.8 Å². The summed E-state index contributed by atoms with van der Waals surface area (Å²) in [4.78, 5) is 0. The minimum atomic E-state index is 0.565. The highest BCUT2D eigenvalue weighted by Gasteiger charge is 2.24. The zero-order valence-electron chi connectivity index (χ0n) is 10.5. The van der Waals surface area contributed by atoms with E-state index in [-0.39, 0.29) is 0 Å². The standard InChI is InChI=1S/C14H20ClNO/c1-16-12-5-3-4-10(8-12)13-9-11(15)6-7-14(13)17-2/h6-7,9-10,12,16H,3-5,8H2,1-2H3. The minimum Gasteiger partial charge on any atom is -0.496 e. The predicted molar refractivity (Wildman–Crippen MR) is 72.1 cm³/mol. The molecule has 94 valence electrons. The van der Waals surface area contributed by atoms with Gasteiger partial charge in [-0.2, -0.15) is 0 Å². The fourth-order valence-electron chi connectivity index (χ4n) is 2.76. The molecule has 1 saturated carbocycles. The topological polar surface area (TPSA) is 21.3 Å². The summed E-state index contributed by atoms with van der Waals surface area (Å²) in [7, 11) is 3.77. The molecule has 1 aliphatic rings. The smallest absolute Gasteiger partial charge is 0.122 e. The molecule has 1 aromatic rings. The molecule has 2 rings (SSSR count). The number of hydrogen-bond donors (Lipinski definition) is 1. The Balaban J connectivity index is 2.22. The number of benzene rings is 1. The number of hydrogen-bond acceptors (Lipinski definition) is 2. The molecule has 0 aromatic heterocycles. The Hall–Kier alpha value is -0.730. The van der Waals surface area contributed by atoms with Crippen molar-refractivity contribution in [2.45, 2.75) is 37.6 Å². The van der Waals surface area contributed by atoms with Crippen molar-refractivity contribution in [2.24, 2.45) is 0 Å². The molecule has 2 unspecified atom stereocenters. The van der Waals surface area contributed by atoms with Gasteiger partial charge in [-0.3, -0.25) is 0 Å². The number of ether oxygens (including phenoxy) is 1. The summed E-state index contributed by atoms with van der Waals surface area (Å²) in [6, 6.07) is 6.55. The molecule has 0 heterocycles. The van der Waals surface area contributed by atoms with Crippen molar-refractivity contribution in [2.75, 3.05) is 14.2 Å². The maximum Gasteiger partial charge on any atom is 0.122 e. The predicted octanol–water partition coefficient (Wildman–Crippen LogP) is 3.59. The van der Waals surface area contributed by atoms with E-state index < -0.39 is 0 Å². The van der Waals surface area contributed by atoms with E-state index in [0.29, 0.717) is 12.0 Å². The van der Waals surface area contributed by atoms with Gasteiger partial charge in [-0.25, -0.2) is 0 Å². The van der Waals surface area contributed by atoms with Crippen LogP contribution >= 0.6 is 11.6 Å². The number of methoxy groups -OCH3 is 1. The summed E-state index contributed by atoms with van der Waals surface area (Å²) in [5.74, 6) is 1.53. The molecule has 1 fully saturated rings. The average Bonchev–Trinajstić information content (AvgIpc) is 2.39. The van der Waals surface area contributed by atoms with Gasteiger partial charge in [0.2, 0.25) is 0 Å². The summed E-state index contributed by atoms with van der Waals surface area (Å²) in [5.41, 5.74) is 1.26. The van der Waals surface area contributed by atoms with Crippen molar-refractivity contribution < 1.29 is 4.74 Å². The first-order valence-electron chi connectivity index (χ1n) is 6.25. The molecule has 1 aromatic carbocycles. The highest BCUT2D eigenvalue weighted by molar-refractivity contribution is 6.30. The Kier molecular flexibility index (Phi) is 4.30. The first-order valence-corrected chi connectivity index (χ1v) is 6.63. The highest BCUT2D eigenvalue weighted by atomic mass is 35.5. The van der Waals surface area contributed by atoms with Crippen LogP contribution in [0.1, 0.15) is 37.2 Å². The maximum atomic E-state index is 6.09. The monoisotopic (exact) mass is 253 g/mol. The van der Waals surface area contributed by atoms with Crippen LogP contribution in [0.3, 0.4) is 0 Å². The molecule has 1 aliphatic carbocycles. The van der Waals surface area contributed by atoms with E-state index in [4.69, 9.17) is 16.3 Å². The first kappa shape index (κ1) is 12.7. The lowest BCUT2D eigenvalue weighted by molar-refractivity contribution is 0.342. The third kappa shape index (κ3) is 2.93. The Morgan fingerprint density at radius 1 is 1.35 bits per heavy atom. The van der Waals surface area contributed by atoms with Gasteiger partial charge in [0.1, 0.15) is 5.75 Å². The molecule has 2 nitrogen and oxygen atoms in total. The van der Waals surface area contributed by atoms with E-state index in [9.17, 15) is 0 Å². The number of rotatable bonds is 3. The Bertz CT molecular complexity index is 380. The molecular formula is C14H20ClNO. The van der Waals surface area contributed by atoms with Crippen LogP contribution in [-0.2, 0) is 0 Å². The van der Waals surface area contributed by atoms with Crippen LogP contribution in [-0.4, -0.2) is 20.2 Å². The fraction of sp³-hybridized carbons (Fsp3) is 0.571. The summed E-state index contributed by atoms with van der Waals surface area (Å²) < 4.78 is 5.44. The van der Waals surface area contributed by atoms with Crippen molar-refractivity contribution in [1.29, 1.82) is 0 Å². The normalized spacial score (nSPS) is 24.6. The zero-order chi connectivity index (χ0) is 12.3. The molecule has 0 bridgehead atoms. The lowest BCUT2D eigenvalue weighted by Gasteiger charge is -2.30. The van der Waals surface area contributed by atoms with Crippen LogP contribution in [0, 0.1) is 0 Å². The lowest BCUT2D eigenvalue weighted by Crippen LogP contribution is -2.30. The van der Waals surface area contributed by atoms with E-state index in [1.54, 1.807) is 7.11 Å².